The van der Waals surface area contributed by atoms with Crippen LogP contribution < -0.4 is 15.6 Å². The number of nitrogens with zero attached hydrogens (tertiary/aromatic N) is 4. The Balaban J connectivity index is 1.50. The second kappa shape index (κ2) is 9.87. The van der Waals surface area contributed by atoms with E-state index in [4.69, 9.17) is 4.74 Å². The predicted molar refractivity (Wildman–Crippen MR) is 141 cm³/mol. The maximum absolute atomic E-state index is 13.4. The number of thioether (sulfide) groups is 1. The smallest absolute Gasteiger partial charge is 0.267 e. The first-order valence-electron chi connectivity index (χ1n) is 11.5. The highest BCUT2D eigenvalue weighted by Gasteiger charge is 2.22. The fourth-order valence-electron chi connectivity index (χ4n) is 4.07. The first-order valence-corrected chi connectivity index (χ1v) is 12.4. The van der Waals surface area contributed by atoms with Crippen LogP contribution in [-0.2, 0) is 11.3 Å². The molecular formula is C27H25N5O3S. The molecule has 0 aliphatic heterocycles. The van der Waals surface area contributed by atoms with Crippen molar-refractivity contribution < 1.29 is 9.53 Å². The number of para-hydroxylation sites is 2. The normalized spacial score (nSPS) is 12.1. The highest BCUT2D eigenvalue weighted by atomic mass is 32.2. The van der Waals surface area contributed by atoms with Gasteiger partial charge >= 0.3 is 0 Å². The fourth-order valence-corrected chi connectivity index (χ4v) is 4.95. The zero-order chi connectivity index (χ0) is 25.2. The number of hydrogen-bond acceptors (Lipinski definition) is 6. The van der Waals surface area contributed by atoms with Gasteiger partial charge in [-0.3, -0.25) is 14.0 Å². The van der Waals surface area contributed by atoms with Crippen LogP contribution in [0.15, 0.2) is 82.7 Å². The van der Waals surface area contributed by atoms with E-state index in [9.17, 15) is 9.59 Å². The number of ether oxygens (including phenoxy) is 1. The van der Waals surface area contributed by atoms with Gasteiger partial charge in [0.05, 0.1) is 29.0 Å². The Labute approximate surface area is 211 Å². The number of carbonyl (C=O) groups is 1. The molecule has 8 nitrogen and oxygen atoms in total. The molecule has 0 spiro atoms. The van der Waals surface area contributed by atoms with Crippen LogP contribution in [0.3, 0.4) is 0 Å². The van der Waals surface area contributed by atoms with Crippen molar-refractivity contribution in [3.05, 3.63) is 94.3 Å². The summed E-state index contributed by atoms with van der Waals surface area (Å²) < 4.78 is 8.77. The van der Waals surface area contributed by atoms with Crippen molar-refractivity contribution in [2.45, 2.75) is 30.8 Å². The van der Waals surface area contributed by atoms with Crippen LogP contribution in [0.25, 0.3) is 22.4 Å². The molecule has 36 heavy (non-hydrogen) atoms. The summed E-state index contributed by atoms with van der Waals surface area (Å²) in [5, 5.41) is 12.3. The molecular weight excluding hydrogens is 474 g/mol. The van der Waals surface area contributed by atoms with Gasteiger partial charge in [0.1, 0.15) is 5.75 Å². The van der Waals surface area contributed by atoms with Crippen molar-refractivity contribution >= 4 is 34.3 Å². The number of rotatable bonds is 7. The minimum absolute atomic E-state index is 0.140. The molecule has 1 atom stereocenters. The third-order valence-electron chi connectivity index (χ3n) is 5.98. The van der Waals surface area contributed by atoms with Crippen molar-refractivity contribution in [2.24, 2.45) is 0 Å². The van der Waals surface area contributed by atoms with Crippen LogP contribution in [0.2, 0.25) is 0 Å². The molecule has 182 valence electrons. The molecule has 0 saturated carbocycles. The van der Waals surface area contributed by atoms with Crippen LogP contribution >= 0.6 is 11.8 Å². The molecule has 5 rings (SSSR count). The van der Waals surface area contributed by atoms with Crippen molar-refractivity contribution in [1.29, 1.82) is 0 Å². The molecule has 9 heteroatoms. The lowest BCUT2D eigenvalue weighted by molar-refractivity contribution is -0.120. The Morgan fingerprint density at radius 1 is 1.03 bits per heavy atom. The number of aryl methyl sites for hydroxylation is 1. The lowest BCUT2D eigenvalue weighted by Gasteiger charge is -2.14. The quantitative estimate of drug-likeness (QED) is 0.339. The van der Waals surface area contributed by atoms with Gasteiger partial charge in [-0.05, 0) is 44.2 Å². The summed E-state index contributed by atoms with van der Waals surface area (Å²) in [6, 6.07) is 22.6. The van der Waals surface area contributed by atoms with Crippen molar-refractivity contribution in [3.8, 4) is 11.4 Å². The van der Waals surface area contributed by atoms with E-state index in [1.807, 2.05) is 85.0 Å². The Kier molecular flexibility index (Phi) is 6.47. The van der Waals surface area contributed by atoms with Gasteiger partial charge in [-0.2, -0.15) is 0 Å². The number of benzene rings is 3. The van der Waals surface area contributed by atoms with E-state index in [0.717, 1.165) is 16.9 Å². The number of fused-ring (bicyclic) bond motifs is 3. The zero-order valence-corrected chi connectivity index (χ0v) is 21.0. The number of amides is 1. The summed E-state index contributed by atoms with van der Waals surface area (Å²) in [6.07, 6.45) is 0. The van der Waals surface area contributed by atoms with Gasteiger partial charge in [-0.1, -0.05) is 59.8 Å². The summed E-state index contributed by atoms with van der Waals surface area (Å²) in [6.45, 7) is 4.17. The molecule has 3 aromatic carbocycles. The first-order chi connectivity index (χ1) is 17.5. The number of nitrogens with one attached hydrogen (secondary N) is 1. The van der Waals surface area contributed by atoms with E-state index >= 15 is 0 Å². The SMILES string of the molecule is COc1ccccc1CNC(=O)C(C)Sc1nnc2n(-c3ccc(C)cc3)c(=O)c3ccccc3n12. The molecule has 0 aliphatic carbocycles. The standard InChI is InChI=1S/C27H25N5O3S/c1-17-12-14-20(15-13-17)31-25(34)21-9-5-6-10-22(21)32-26(31)29-30-27(32)36-18(2)24(33)28-16-19-8-4-7-11-23(19)35-3/h4-15,18H,16H2,1-3H3,(H,28,33). The van der Waals surface area contributed by atoms with E-state index in [0.29, 0.717) is 34.1 Å². The average molecular weight is 500 g/mol. The minimum atomic E-state index is -0.453. The fraction of sp³-hybridized carbons (Fsp3) is 0.185. The minimum Gasteiger partial charge on any atom is -0.496 e. The Morgan fingerprint density at radius 2 is 1.75 bits per heavy atom. The topological polar surface area (TPSA) is 90.5 Å². The predicted octanol–water partition coefficient (Wildman–Crippen LogP) is 4.15. The summed E-state index contributed by atoms with van der Waals surface area (Å²) in [7, 11) is 1.61. The number of methoxy groups -OCH3 is 1. The molecule has 1 N–H and O–H groups in total. The maximum atomic E-state index is 13.4. The molecule has 0 fully saturated rings. The highest BCUT2D eigenvalue weighted by Crippen LogP contribution is 2.26. The van der Waals surface area contributed by atoms with Crippen molar-refractivity contribution in [1.82, 2.24) is 24.5 Å². The van der Waals surface area contributed by atoms with E-state index in [2.05, 4.69) is 15.5 Å². The Morgan fingerprint density at radius 3 is 2.53 bits per heavy atom. The lowest BCUT2D eigenvalue weighted by atomic mass is 10.2. The Bertz CT molecular complexity index is 1620. The molecule has 1 unspecified atom stereocenters. The second-order valence-corrected chi connectivity index (χ2v) is 9.71. The van der Waals surface area contributed by atoms with Gasteiger partial charge in [-0.15, -0.1) is 10.2 Å². The van der Waals surface area contributed by atoms with E-state index in [1.54, 1.807) is 17.7 Å². The molecule has 0 radical (unpaired) electrons. The van der Waals surface area contributed by atoms with Crippen LogP contribution in [0.4, 0.5) is 0 Å². The van der Waals surface area contributed by atoms with Crippen LogP contribution in [0, 0.1) is 6.92 Å². The van der Waals surface area contributed by atoms with Gasteiger partial charge in [0.15, 0.2) is 5.16 Å². The second-order valence-electron chi connectivity index (χ2n) is 8.40. The van der Waals surface area contributed by atoms with Gasteiger partial charge in [-0.25, -0.2) is 4.57 Å². The highest BCUT2D eigenvalue weighted by molar-refractivity contribution is 8.00. The molecule has 2 aromatic heterocycles. The van der Waals surface area contributed by atoms with Gasteiger partial charge < -0.3 is 10.1 Å². The number of carbonyl (C=O) groups excluding carboxylic acids is 1. The Hall–Kier alpha value is -4.11. The van der Waals surface area contributed by atoms with Gasteiger partial charge in [0.25, 0.3) is 5.56 Å². The van der Waals surface area contributed by atoms with Crippen molar-refractivity contribution in [2.75, 3.05) is 7.11 Å². The molecule has 0 aliphatic rings. The number of aromatic nitrogens is 4. The first kappa shape index (κ1) is 23.6. The lowest BCUT2D eigenvalue weighted by Crippen LogP contribution is -2.30. The monoisotopic (exact) mass is 499 g/mol. The maximum Gasteiger partial charge on any atom is 0.267 e. The van der Waals surface area contributed by atoms with E-state index < -0.39 is 5.25 Å². The van der Waals surface area contributed by atoms with Gasteiger partial charge in [0, 0.05) is 12.1 Å². The van der Waals surface area contributed by atoms with E-state index in [-0.39, 0.29) is 11.5 Å². The van der Waals surface area contributed by atoms with Gasteiger partial charge in [0.2, 0.25) is 11.7 Å². The summed E-state index contributed by atoms with van der Waals surface area (Å²) in [5.74, 6) is 0.979. The summed E-state index contributed by atoms with van der Waals surface area (Å²) in [5.41, 5.74) is 3.21. The zero-order valence-electron chi connectivity index (χ0n) is 20.1. The van der Waals surface area contributed by atoms with Crippen LogP contribution in [-0.4, -0.2) is 37.4 Å². The molecule has 0 saturated heterocycles. The van der Waals surface area contributed by atoms with E-state index in [1.165, 1.54) is 11.8 Å². The third-order valence-corrected chi connectivity index (χ3v) is 7.03. The molecule has 1 amide bonds. The largest absolute Gasteiger partial charge is 0.496 e. The van der Waals surface area contributed by atoms with Crippen molar-refractivity contribution in [3.63, 3.8) is 0 Å². The summed E-state index contributed by atoms with van der Waals surface area (Å²) in [4.78, 5) is 26.4. The molecule has 0 bridgehead atoms. The third kappa shape index (κ3) is 4.33. The van der Waals surface area contributed by atoms with Crippen LogP contribution in [0.5, 0.6) is 5.75 Å². The molecule has 5 aromatic rings. The average Bonchev–Trinajstić information content (AvgIpc) is 3.31. The summed E-state index contributed by atoms with van der Waals surface area (Å²) >= 11 is 1.29. The molecule has 2 heterocycles. The number of hydrogen-bond donors (Lipinski definition) is 1. The van der Waals surface area contributed by atoms with Crippen LogP contribution in [0.1, 0.15) is 18.1 Å².